The average Bonchev–Trinajstić information content (AvgIpc) is 2.81. The zero-order valence-corrected chi connectivity index (χ0v) is 11.1. The molecule has 1 aromatic heterocycles. The third-order valence-corrected chi connectivity index (χ3v) is 2.99. The van der Waals surface area contributed by atoms with Crippen LogP contribution in [0, 0.1) is 0 Å². The van der Waals surface area contributed by atoms with Crippen molar-refractivity contribution in [2.75, 3.05) is 0 Å². The molecule has 0 radical (unpaired) electrons. The summed E-state index contributed by atoms with van der Waals surface area (Å²) in [5.41, 5.74) is 1.07. The number of hydrogen-bond acceptors (Lipinski definition) is 3. The lowest BCUT2D eigenvalue weighted by Gasteiger charge is -2.07. The molecule has 2 rings (SSSR count). The Morgan fingerprint density at radius 1 is 1.26 bits per heavy atom. The van der Waals surface area contributed by atoms with E-state index in [1.54, 1.807) is 16.8 Å². The molecular weight excluding hydrogens is 242 g/mol. The summed E-state index contributed by atoms with van der Waals surface area (Å²) in [5, 5.41) is 13.6. The minimum Gasteiger partial charge on any atom is -0.478 e. The summed E-state index contributed by atoms with van der Waals surface area (Å²) in [6.07, 6.45) is 1.56. The summed E-state index contributed by atoms with van der Waals surface area (Å²) < 4.78 is 1.79. The average molecular weight is 259 g/mol. The van der Waals surface area contributed by atoms with Crippen LogP contribution >= 0.6 is 0 Å². The number of aromatic carboxylic acids is 1. The Labute approximate surface area is 111 Å². The van der Waals surface area contributed by atoms with E-state index in [0.29, 0.717) is 12.1 Å². The molecule has 0 aliphatic carbocycles. The van der Waals surface area contributed by atoms with E-state index in [-0.39, 0.29) is 0 Å². The zero-order chi connectivity index (χ0) is 13.8. The highest BCUT2D eigenvalue weighted by atomic mass is 16.4. The molecule has 0 saturated heterocycles. The first kappa shape index (κ1) is 13.3. The van der Waals surface area contributed by atoms with E-state index in [1.165, 1.54) is 0 Å². The van der Waals surface area contributed by atoms with Crippen LogP contribution in [-0.2, 0) is 19.4 Å². The van der Waals surface area contributed by atoms with E-state index in [4.69, 9.17) is 0 Å². The maximum Gasteiger partial charge on any atom is 0.336 e. The van der Waals surface area contributed by atoms with Gasteiger partial charge in [-0.15, -0.1) is 0 Å². The van der Waals surface area contributed by atoms with Crippen LogP contribution in [0.25, 0.3) is 0 Å². The molecule has 0 fully saturated rings. The van der Waals surface area contributed by atoms with Crippen LogP contribution in [0.2, 0.25) is 0 Å². The number of carboxylic acid groups (broad SMARTS) is 1. The van der Waals surface area contributed by atoms with Gasteiger partial charge in [0, 0.05) is 12.8 Å². The highest BCUT2D eigenvalue weighted by molar-refractivity contribution is 5.89. The standard InChI is InChI=1S/C14H17N3O2/c1-3-12-15-13(4-2)17(16-12)9-10-7-5-6-8-11(10)14(18)19/h5-8H,3-4,9H2,1-2H3,(H,18,19). The number of aryl methyl sites for hydroxylation is 2. The second kappa shape index (κ2) is 5.65. The Kier molecular flexibility index (Phi) is 3.94. The Balaban J connectivity index is 2.35. The molecule has 100 valence electrons. The summed E-state index contributed by atoms with van der Waals surface area (Å²) in [6.45, 7) is 4.46. The van der Waals surface area contributed by atoms with Crippen molar-refractivity contribution in [2.24, 2.45) is 0 Å². The number of nitrogens with zero attached hydrogens (tertiary/aromatic N) is 3. The summed E-state index contributed by atoms with van der Waals surface area (Å²) in [5.74, 6) is 0.770. The fourth-order valence-electron chi connectivity index (χ4n) is 1.99. The van der Waals surface area contributed by atoms with Crippen molar-refractivity contribution >= 4 is 5.97 Å². The number of carbonyl (C=O) groups is 1. The Morgan fingerprint density at radius 2 is 2.00 bits per heavy atom. The van der Waals surface area contributed by atoms with Crippen LogP contribution in [0.15, 0.2) is 24.3 Å². The van der Waals surface area contributed by atoms with Gasteiger partial charge in [-0.1, -0.05) is 32.0 Å². The molecule has 1 aromatic carbocycles. The second-order valence-electron chi connectivity index (χ2n) is 4.27. The SMILES string of the molecule is CCc1nc(CC)n(Cc2ccccc2C(=O)O)n1. The highest BCUT2D eigenvalue weighted by Gasteiger charge is 2.12. The van der Waals surface area contributed by atoms with Gasteiger partial charge < -0.3 is 5.11 Å². The lowest BCUT2D eigenvalue weighted by atomic mass is 10.1. The van der Waals surface area contributed by atoms with Crippen LogP contribution in [0.5, 0.6) is 0 Å². The molecule has 1 N–H and O–H groups in total. The molecule has 0 amide bonds. The van der Waals surface area contributed by atoms with Crippen LogP contribution in [0.3, 0.4) is 0 Å². The summed E-state index contributed by atoms with van der Waals surface area (Å²) in [4.78, 5) is 15.6. The van der Waals surface area contributed by atoms with Crippen molar-refractivity contribution in [3.05, 3.63) is 47.0 Å². The second-order valence-corrected chi connectivity index (χ2v) is 4.27. The molecule has 2 aromatic rings. The van der Waals surface area contributed by atoms with Crippen LogP contribution in [-0.4, -0.2) is 25.8 Å². The summed E-state index contributed by atoms with van der Waals surface area (Å²) >= 11 is 0. The summed E-state index contributed by atoms with van der Waals surface area (Å²) in [6, 6.07) is 6.99. The Bertz CT molecular complexity index is 590. The number of carboxylic acids is 1. The van der Waals surface area contributed by atoms with Gasteiger partial charge in [0.25, 0.3) is 0 Å². The number of rotatable bonds is 5. The molecule has 5 heteroatoms. The molecule has 0 aliphatic heterocycles. The molecule has 0 spiro atoms. The maximum atomic E-state index is 11.2. The molecule has 0 atom stereocenters. The van der Waals surface area contributed by atoms with E-state index in [0.717, 1.165) is 30.1 Å². The highest BCUT2D eigenvalue weighted by Crippen LogP contribution is 2.12. The van der Waals surface area contributed by atoms with Crippen molar-refractivity contribution in [1.82, 2.24) is 14.8 Å². The van der Waals surface area contributed by atoms with Gasteiger partial charge in [0.05, 0.1) is 12.1 Å². The van der Waals surface area contributed by atoms with Crippen LogP contribution < -0.4 is 0 Å². The first-order valence-electron chi connectivity index (χ1n) is 6.39. The van der Waals surface area contributed by atoms with Gasteiger partial charge >= 0.3 is 5.97 Å². The first-order chi connectivity index (χ1) is 9.15. The molecule has 0 unspecified atom stereocenters. The molecule has 1 heterocycles. The van der Waals surface area contributed by atoms with Gasteiger partial charge in [0.15, 0.2) is 5.82 Å². The Hall–Kier alpha value is -2.17. The lowest BCUT2D eigenvalue weighted by molar-refractivity contribution is 0.0695. The third kappa shape index (κ3) is 2.81. The van der Waals surface area contributed by atoms with Gasteiger partial charge in [-0.2, -0.15) is 5.10 Å². The molecule has 0 bridgehead atoms. The minimum atomic E-state index is -0.913. The molecular formula is C14H17N3O2. The largest absolute Gasteiger partial charge is 0.478 e. The minimum absolute atomic E-state index is 0.318. The number of benzene rings is 1. The maximum absolute atomic E-state index is 11.2. The van der Waals surface area contributed by atoms with E-state index >= 15 is 0 Å². The Morgan fingerprint density at radius 3 is 2.63 bits per heavy atom. The molecule has 5 nitrogen and oxygen atoms in total. The van der Waals surface area contributed by atoms with Gasteiger partial charge in [0.2, 0.25) is 0 Å². The normalized spacial score (nSPS) is 10.6. The molecule has 0 aliphatic rings. The first-order valence-corrected chi connectivity index (χ1v) is 6.39. The van der Waals surface area contributed by atoms with Crippen molar-refractivity contribution in [3.8, 4) is 0 Å². The quantitative estimate of drug-likeness (QED) is 0.893. The van der Waals surface area contributed by atoms with Crippen molar-refractivity contribution in [2.45, 2.75) is 33.2 Å². The predicted octanol–water partition coefficient (Wildman–Crippen LogP) is 2.15. The van der Waals surface area contributed by atoms with E-state index in [9.17, 15) is 9.90 Å². The van der Waals surface area contributed by atoms with Gasteiger partial charge in [-0.05, 0) is 11.6 Å². The smallest absolute Gasteiger partial charge is 0.336 e. The van der Waals surface area contributed by atoms with E-state index in [2.05, 4.69) is 10.1 Å². The van der Waals surface area contributed by atoms with Gasteiger partial charge in [0.1, 0.15) is 5.82 Å². The fraction of sp³-hybridized carbons (Fsp3) is 0.357. The lowest BCUT2D eigenvalue weighted by Crippen LogP contribution is -2.10. The van der Waals surface area contributed by atoms with Crippen molar-refractivity contribution in [1.29, 1.82) is 0 Å². The topological polar surface area (TPSA) is 68.0 Å². The van der Waals surface area contributed by atoms with Crippen LogP contribution in [0.1, 0.15) is 41.4 Å². The number of hydrogen-bond donors (Lipinski definition) is 1. The fourth-order valence-corrected chi connectivity index (χ4v) is 1.99. The van der Waals surface area contributed by atoms with Crippen molar-refractivity contribution < 1.29 is 9.90 Å². The predicted molar refractivity (Wildman–Crippen MR) is 71.3 cm³/mol. The van der Waals surface area contributed by atoms with Crippen molar-refractivity contribution in [3.63, 3.8) is 0 Å². The van der Waals surface area contributed by atoms with E-state index < -0.39 is 5.97 Å². The molecule has 0 saturated carbocycles. The van der Waals surface area contributed by atoms with Gasteiger partial charge in [-0.25, -0.2) is 14.5 Å². The third-order valence-electron chi connectivity index (χ3n) is 2.99. The zero-order valence-electron chi connectivity index (χ0n) is 11.1. The number of aromatic nitrogens is 3. The molecule has 19 heavy (non-hydrogen) atoms. The monoisotopic (exact) mass is 259 g/mol. The summed E-state index contributed by atoms with van der Waals surface area (Å²) in [7, 11) is 0. The van der Waals surface area contributed by atoms with Gasteiger partial charge in [-0.3, -0.25) is 0 Å². The van der Waals surface area contributed by atoms with E-state index in [1.807, 2.05) is 26.0 Å². The van der Waals surface area contributed by atoms with Crippen LogP contribution in [0.4, 0.5) is 0 Å².